The molecule has 0 atom stereocenters. The summed E-state index contributed by atoms with van der Waals surface area (Å²) in [6.07, 6.45) is 0. The molecule has 26 heavy (non-hydrogen) atoms. The van der Waals surface area contributed by atoms with Crippen LogP contribution in [0.1, 0.15) is 23.9 Å². The molecule has 2 heterocycles. The van der Waals surface area contributed by atoms with Gasteiger partial charge in [-0.05, 0) is 44.0 Å². The Morgan fingerprint density at radius 3 is 2.46 bits per heavy atom. The fourth-order valence-electron chi connectivity index (χ4n) is 3.47. The van der Waals surface area contributed by atoms with E-state index in [4.69, 9.17) is 0 Å². The SMILES string of the molecule is CCn1c(=O)c2ccccc2n2c(CNc3c(C)cccc3C)nnc12. The van der Waals surface area contributed by atoms with E-state index in [-0.39, 0.29) is 5.56 Å². The summed E-state index contributed by atoms with van der Waals surface area (Å²) in [6.45, 7) is 7.19. The predicted molar refractivity (Wildman–Crippen MR) is 104 cm³/mol. The van der Waals surface area contributed by atoms with E-state index in [0.29, 0.717) is 24.3 Å². The quantitative estimate of drug-likeness (QED) is 0.615. The van der Waals surface area contributed by atoms with Gasteiger partial charge in [0.1, 0.15) is 0 Å². The van der Waals surface area contributed by atoms with Gasteiger partial charge < -0.3 is 5.32 Å². The second-order valence-corrected chi connectivity index (χ2v) is 6.44. The molecule has 6 nitrogen and oxygen atoms in total. The molecule has 0 aliphatic carbocycles. The average molecular weight is 347 g/mol. The van der Waals surface area contributed by atoms with E-state index >= 15 is 0 Å². The van der Waals surface area contributed by atoms with Gasteiger partial charge in [-0.25, -0.2) is 0 Å². The van der Waals surface area contributed by atoms with Gasteiger partial charge in [0.25, 0.3) is 5.56 Å². The molecule has 0 spiro atoms. The van der Waals surface area contributed by atoms with Crippen LogP contribution in [0.3, 0.4) is 0 Å². The molecule has 0 radical (unpaired) electrons. The van der Waals surface area contributed by atoms with Gasteiger partial charge in [-0.1, -0.05) is 30.3 Å². The first-order chi connectivity index (χ1) is 12.6. The lowest BCUT2D eigenvalue weighted by Crippen LogP contribution is -2.23. The van der Waals surface area contributed by atoms with Crippen molar-refractivity contribution in [1.29, 1.82) is 0 Å². The molecule has 1 N–H and O–H groups in total. The maximum Gasteiger partial charge on any atom is 0.262 e. The van der Waals surface area contributed by atoms with Gasteiger partial charge in [0.15, 0.2) is 5.82 Å². The number of aromatic nitrogens is 4. The molecular weight excluding hydrogens is 326 g/mol. The summed E-state index contributed by atoms with van der Waals surface area (Å²) in [5, 5.41) is 12.8. The Hall–Kier alpha value is -3.15. The number of nitrogens with zero attached hydrogens (tertiary/aromatic N) is 4. The minimum Gasteiger partial charge on any atom is -0.377 e. The molecule has 2 aromatic carbocycles. The largest absolute Gasteiger partial charge is 0.377 e. The summed E-state index contributed by atoms with van der Waals surface area (Å²) in [6, 6.07) is 13.8. The zero-order chi connectivity index (χ0) is 18.3. The molecular formula is C20H21N5O. The third kappa shape index (κ3) is 2.45. The third-order valence-electron chi connectivity index (χ3n) is 4.80. The van der Waals surface area contributed by atoms with Crippen LogP contribution in [0.25, 0.3) is 16.7 Å². The topological polar surface area (TPSA) is 64.2 Å². The molecule has 4 rings (SSSR count). The Kier molecular flexibility index (Phi) is 3.95. The number of benzene rings is 2. The smallest absolute Gasteiger partial charge is 0.262 e. The monoisotopic (exact) mass is 347 g/mol. The van der Waals surface area contributed by atoms with Crippen LogP contribution in [0.5, 0.6) is 0 Å². The van der Waals surface area contributed by atoms with Crippen molar-refractivity contribution in [1.82, 2.24) is 19.2 Å². The summed E-state index contributed by atoms with van der Waals surface area (Å²) in [5.41, 5.74) is 4.29. The summed E-state index contributed by atoms with van der Waals surface area (Å²) in [7, 11) is 0. The van der Waals surface area contributed by atoms with E-state index in [1.54, 1.807) is 4.57 Å². The number of nitrogens with one attached hydrogen (secondary N) is 1. The minimum absolute atomic E-state index is 0.0303. The fourth-order valence-corrected chi connectivity index (χ4v) is 3.47. The molecule has 2 aromatic heterocycles. The zero-order valence-corrected chi connectivity index (χ0v) is 15.2. The normalized spacial score (nSPS) is 11.3. The van der Waals surface area contributed by atoms with E-state index in [2.05, 4.69) is 47.6 Å². The Morgan fingerprint density at radius 2 is 1.73 bits per heavy atom. The highest BCUT2D eigenvalue weighted by molar-refractivity contribution is 5.80. The van der Waals surface area contributed by atoms with Crippen LogP contribution in [-0.4, -0.2) is 19.2 Å². The molecule has 0 saturated carbocycles. The van der Waals surface area contributed by atoms with Gasteiger partial charge in [-0.15, -0.1) is 10.2 Å². The van der Waals surface area contributed by atoms with Crippen molar-refractivity contribution in [2.75, 3.05) is 5.32 Å². The third-order valence-corrected chi connectivity index (χ3v) is 4.80. The molecule has 4 aromatic rings. The van der Waals surface area contributed by atoms with Gasteiger partial charge in [-0.3, -0.25) is 13.8 Å². The van der Waals surface area contributed by atoms with Gasteiger partial charge >= 0.3 is 0 Å². The lowest BCUT2D eigenvalue weighted by molar-refractivity contribution is 0.734. The number of hydrogen-bond donors (Lipinski definition) is 1. The van der Waals surface area contributed by atoms with Crippen molar-refractivity contribution in [3.05, 3.63) is 69.8 Å². The van der Waals surface area contributed by atoms with E-state index in [1.807, 2.05) is 35.6 Å². The molecule has 0 aliphatic heterocycles. The fraction of sp³-hybridized carbons (Fsp3) is 0.250. The van der Waals surface area contributed by atoms with Gasteiger partial charge in [-0.2, -0.15) is 0 Å². The highest BCUT2D eigenvalue weighted by atomic mass is 16.1. The van der Waals surface area contributed by atoms with E-state index < -0.39 is 0 Å². The number of hydrogen-bond acceptors (Lipinski definition) is 4. The standard InChI is InChI=1S/C20H21N5O/c1-4-24-19(26)15-10-5-6-11-16(15)25-17(22-23-20(24)25)12-21-18-13(2)8-7-9-14(18)3/h5-11,21H,4,12H2,1-3H3. The van der Waals surface area contributed by atoms with Crippen LogP contribution in [-0.2, 0) is 13.1 Å². The lowest BCUT2D eigenvalue weighted by Gasteiger charge is -2.13. The van der Waals surface area contributed by atoms with Gasteiger partial charge in [0.05, 0.1) is 17.4 Å². The number of rotatable bonds is 4. The summed E-state index contributed by atoms with van der Waals surface area (Å²) in [4.78, 5) is 12.7. The van der Waals surface area contributed by atoms with Crippen molar-refractivity contribution in [3.8, 4) is 0 Å². The Labute approximate surface area is 151 Å². The van der Waals surface area contributed by atoms with Crippen LogP contribution in [0, 0.1) is 13.8 Å². The molecule has 6 heteroatoms. The Bertz CT molecular complexity index is 1150. The van der Waals surface area contributed by atoms with Crippen LogP contribution in [0.2, 0.25) is 0 Å². The summed E-state index contributed by atoms with van der Waals surface area (Å²) >= 11 is 0. The highest BCUT2D eigenvalue weighted by Crippen LogP contribution is 2.21. The lowest BCUT2D eigenvalue weighted by atomic mass is 10.1. The van der Waals surface area contributed by atoms with Crippen molar-refractivity contribution >= 4 is 22.4 Å². The molecule has 0 unspecified atom stereocenters. The molecule has 0 bridgehead atoms. The number of anilines is 1. The maximum absolute atomic E-state index is 12.7. The van der Waals surface area contributed by atoms with Crippen molar-refractivity contribution in [2.45, 2.75) is 33.9 Å². The summed E-state index contributed by atoms with van der Waals surface area (Å²) < 4.78 is 3.64. The predicted octanol–water partition coefficient (Wildman–Crippen LogP) is 3.29. The van der Waals surface area contributed by atoms with Crippen LogP contribution >= 0.6 is 0 Å². The van der Waals surface area contributed by atoms with Gasteiger partial charge in [0, 0.05) is 12.2 Å². The number of fused-ring (bicyclic) bond motifs is 3. The van der Waals surface area contributed by atoms with Crippen LogP contribution in [0.15, 0.2) is 47.3 Å². The van der Waals surface area contributed by atoms with Crippen LogP contribution < -0.4 is 10.9 Å². The van der Waals surface area contributed by atoms with Crippen molar-refractivity contribution < 1.29 is 0 Å². The second kappa shape index (κ2) is 6.29. The first-order valence-corrected chi connectivity index (χ1v) is 8.77. The average Bonchev–Trinajstić information content (AvgIpc) is 3.06. The number of aryl methyl sites for hydroxylation is 3. The molecule has 0 saturated heterocycles. The second-order valence-electron chi connectivity index (χ2n) is 6.44. The maximum atomic E-state index is 12.7. The molecule has 0 amide bonds. The molecule has 132 valence electrons. The van der Waals surface area contributed by atoms with Crippen molar-refractivity contribution in [2.24, 2.45) is 0 Å². The molecule has 0 fully saturated rings. The zero-order valence-electron chi connectivity index (χ0n) is 15.2. The highest BCUT2D eigenvalue weighted by Gasteiger charge is 2.15. The van der Waals surface area contributed by atoms with Crippen LogP contribution in [0.4, 0.5) is 5.69 Å². The minimum atomic E-state index is -0.0303. The van der Waals surface area contributed by atoms with Gasteiger partial charge in [0.2, 0.25) is 5.78 Å². The number of para-hydroxylation sites is 2. The van der Waals surface area contributed by atoms with E-state index in [1.165, 1.54) is 11.1 Å². The van der Waals surface area contributed by atoms with E-state index in [9.17, 15) is 4.79 Å². The molecule has 0 aliphatic rings. The Morgan fingerprint density at radius 1 is 1.00 bits per heavy atom. The van der Waals surface area contributed by atoms with E-state index in [0.717, 1.165) is 17.0 Å². The first kappa shape index (κ1) is 16.3. The Balaban J connectivity index is 1.87. The first-order valence-electron chi connectivity index (χ1n) is 8.77. The summed E-state index contributed by atoms with van der Waals surface area (Å²) in [5.74, 6) is 1.36. The van der Waals surface area contributed by atoms with Crippen molar-refractivity contribution in [3.63, 3.8) is 0 Å².